The topological polar surface area (TPSA) is 41.6 Å². The van der Waals surface area contributed by atoms with Crippen molar-refractivity contribution in [2.24, 2.45) is 5.92 Å². The van der Waals surface area contributed by atoms with E-state index in [2.05, 4.69) is 31.0 Å². The average Bonchev–Trinajstić information content (AvgIpc) is 2.60. The number of nitrogens with one attached hydrogen (secondary N) is 1. The molecule has 24 heavy (non-hydrogen) atoms. The van der Waals surface area contributed by atoms with Gasteiger partial charge >= 0.3 is 6.09 Å². The fourth-order valence-electron chi connectivity index (χ4n) is 3.51. The highest BCUT2D eigenvalue weighted by molar-refractivity contribution is 5.67. The fourth-order valence-corrected chi connectivity index (χ4v) is 3.51. The van der Waals surface area contributed by atoms with Gasteiger partial charge in [0.25, 0.3) is 0 Å². The lowest BCUT2D eigenvalue weighted by Gasteiger charge is -2.41. The SMILES string of the molecule is CCCC1CC(NC(=O)OCc2ccccc2)CN(C(C)CC)C1. The maximum absolute atomic E-state index is 12.1. The molecule has 1 aliphatic heterocycles. The van der Waals surface area contributed by atoms with Gasteiger partial charge in [0.05, 0.1) is 0 Å². The minimum absolute atomic E-state index is 0.188. The Kier molecular flexibility index (Phi) is 7.57. The second-order valence-corrected chi connectivity index (χ2v) is 7.00. The van der Waals surface area contributed by atoms with Gasteiger partial charge < -0.3 is 10.1 Å². The molecule has 0 saturated carbocycles. The Morgan fingerprint density at radius 2 is 2.04 bits per heavy atom. The van der Waals surface area contributed by atoms with Gasteiger partial charge in [-0.3, -0.25) is 4.90 Å². The number of likely N-dealkylation sites (tertiary alicyclic amines) is 1. The third-order valence-electron chi connectivity index (χ3n) is 5.01. The summed E-state index contributed by atoms with van der Waals surface area (Å²) in [5.41, 5.74) is 1.02. The van der Waals surface area contributed by atoms with Crippen molar-refractivity contribution < 1.29 is 9.53 Å². The van der Waals surface area contributed by atoms with Gasteiger partial charge in [0.2, 0.25) is 0 Å². The number of ether oxygens (including phenoxy) is 1. The number of carbonyl (C=O) groups is 1. The second-order valence-electron chi connectivity index (χ2n) is 7.00. The van der Waals surface area contributed by atoms with Gasteiger partial charge in [-0.1, -0.05) is 50.6 Å². The minimum atomic E-state index is -0.301. The van der Waals surface area contributed by atoms with Crippen molar-refractivity contribution in [3.8, 4) is 0 Å². The van der Waals surface area contributed by atoms with E-state index in [-0.39, 0.29) is 12.1 Å². The third kappa shape index (κ3) is 5.82. The lowest BCUT2D eigenvalue weighted by Crippen LogP contribution is -2.53. The van der Waals surface area contributed by atoms with Gasteiger partial charge in [0.1, 0.15) is 6.61 Å². The number of rotatable bonds is 7. The molecule has 0 bridgehead atoms. The van der Waals surface area contributed by atoms with E-state index in [0.717, 1.165) is 31.5 Å². The van der Waals surface area contributed by atoms with E-state index in [9.17, 15) is 4.79 Å². The van der Waals surface area contributed by atoms with Crippen LogP contribution in [0.2, 0.25) is 0 Å². The van der Waals surface area contributed by atoms with Gasteiger partial charge in [-0.2, -0.15) is 0 Å². The Labute approximate surface area is 146 Å². The van der Waals surface area contributed by atoms with Crippen molar-refractivity contribution in [2.75, 3.05) is 13.1 Å². The number of amides is 1. The smallest absolute Gasteiger partial charge is 0.407 e. The number of alkyl carbamates (subject to hydrolysis) is 1. The molecule has 1 heterocycles. The molecule has 0 aliphatic carbocycles. The second kappa shape index (κ2) is 9.67. The number of benzene rings is 1. The molecule has 134 valence electrons. The van der Waals surface area contributed by atoms with Gasteiger partial charge in [0.15, 0.2) is 0 Å². The van der Waals surface area contributed by atoms with Crippen LogP contribution in [0, 0.1) is 5.92 Å². The van der Waals surface area contributed by atoms with Crippen LogP contribution in [0.5, 0.6) is 0 Å². The molecular weight excluding hydrogens is 300 g/mol. The maximum atomic E-state index is 12.1. The Bertz CT molecular complexity index is 492. The summed E-state index contributed by atoms with van der Waals surface area (Å²) in [6, 6.07) is 10.6. The predicted octanol–water partition coefficient (Wildman–Crippen LogP) is 4.20. The van der Waals surface area contributed by atoms with E-state index < -0.39 is 0 Å². The molecule has 4 nitrogen and oxygen atoms in total. The third-order valence-corrected chi connectivity index (χ3v) is 5.01. The van der Waals surface area contributed by atoms with Gasteiger partial charge in [-0.25, -0.2) is 4.79 Å². The monoisotopic (exact) mass is 332 g/mol. The molecule has 1 saturated heterocycles. The summed E-state index contributed by atoms with van der Waals surface area (Å²) in [4.78, 5) is 14.7. The number of nitrogens with zero attached hydrogens (tertiary/aromatic N) is 1. The predicted molar refractivity (Wildman–Crippen MR) is 97.9 cm³/mol. The Balaban J connectivity index is 1.85. The lowest BCUT2D eigenvalue weighted by atomic mass is 9.89. The van der Waals surface area contributed by atoms with Crippen molar-refractivity contribution in [1.29, 1.82) is 0 Å². The fraction of sp³-hybridized carbons (Fsp3) is 0.650. The van der Waals surface area contributed by atoms with E-state index >= 15 is 0 Å². The summed E-state index contributed by atoms with van der Waals surface area (Å²) < 4.78 is 5.38. The Hall–Kier alpha value is -1.55. The molecule has 3 atom stereocenters. The Morgan fingerprint density at radius 3 is 2.71 bits per heavy atom. The molecule has 1 fully saturated rings. The quantitative estimate of drug-likeness (QED) is 0.813. The number of carbonyl (C=O) groups excluding carboxylic acids is 1. The maximum Gasteiger partial charge on any atom is 0.407 e. The van der Waals surface area contributed by atoms with E-state index in [1.54, 1.807) is 0 Å². The summed E-state index contributed by atoms with van der Waals surface area (Å²) in [5.74, 6) is 0.664. The van der Waals surface area contributed by atoms with Crippen LogP contribution in [0.4, 0.5) is 4.79 Å². The highest BCUT2D eigenvalue weighted by Gasteiger charge is 2.29. The van der Waals surface area contributed by atoms with Crippen LogP contribution < -0.4 is 5.32 Å². The zero-order chi connectivity index (χ0) is 17.4. The summed E-state index contributed by atoms with van der Waals surface area (Å²) in [7, 11) is 0. The molecule has 2 rings (SSSR count). The standard InChI is InChI=1S/C20H32N2O2/c1-4-9-18-12-19(14-22(13-18)16(3)5-2)21-20(23)24-15-17-10-7-6-8-11-17/h6-8,10-11,16,18-19H,4-5,9,12-15H2,1-3H3,(H,21,23). The first-order valence-electron chi connectivity index (χ1n) is 9.33. The van der Waals surface area contributed by atoms with Gasteiger partial charge in [-0.15, -0.1) is 0 Å². The number of hydrogen-bond acceptors (Lipinski definition) is 3. The Morgan fingerprint density at radius 1 is 1.29 bits per heavy atom. The van der Waals surface area contributed by atoms with E-state index in [0.29, 0.717) is 18.6 Å². The summed E-state index contributed by atoms with van der Waals surface area (Å²) >= 11 is 0. The van der Waals surface area contributed by atoms with Crippen LogP contribution in [0.15, 0.2) is 30.3 Å². The van der Waals surface area contributed by atoms with E-state index in [1.807, 2.05) is 30.3 Å². The van der Waals surface area contributed by atoms with Crippen molar-refractivity contribution in [2.45, 2.75) is 65.1 Å². The van der Waals surface area contributed by atoms with Crippen LogP contribution in [0.3, 0.4) is 0 Å². The molecule has 4 heteroatoms. The molecule has 3 unspecified atom stereocenters. The largest absolute Gasteiger partial charge is 0.445 e. The number of hydrogen-bond donors (Lipinski definition) is 1. The van der Waals surface area contributed by atoms with Crippen LogP contribution in [-0.2, 0) is 11.3 Å². The minimum Gasteiger partial charge on any atom is -0.445 e. The zero-order valence-electron chi connectivity index (χ0n) is 15.3. The van der Waals surface area contributed by atoms with Gasteiger partial charge in [0, 0.05) is 25.2 Å². The first-order valence-corrected chi connectivity index (χ1v) is 9.33. The summed E-state index contributed by atoms with van der Waals surface area (Å²) in [6.45, 7) is 9.14. The van der Waals surface area contributed by atoms with Crippen molar-refractivity contribution in [1.82, 2.24) is 10.2 Å². The lowest BCUT2D eigenvalue weighted by molar-refractivity contribution is 0.0869. The average molecular weight is 332 g/mol. The van der Waals surface area contributed by atoms with Crippen molar-refractivity contribution in [3.63, 3.8) is 0 Å². The molecule has 0 spiro atoms. The van der Waals surface area contributed by atoms with Crippen LogP contribution >= 0.6 is 0 Å². The number of piperidine rings is 1. The molecule has 1 N–H and O–H groups in total. The van der Waals surface area contributed by atoms with Gasteiger partial charge in [-0.05, 0) is 37.7 Å². The first-order chi connectivity index (χ1) is 11.6. The van der Waals surface area contributed by atoms with E-state index in [1.165, 1.54) is 12.8 Å². The molecule has 1 amide bonds. The van der Waals surface area contributed by atoms with Crippen LogP contribution in [-0.4, -0.2) is 36.2 Å². The first kappa shape index (κ1) is 18.8. The summed E-state index contributed by atoms with van der Waals surface area (Å²) in [6.07, 6.45) is 4.32. The molecule has 1 aromatic carbocycles. The normalized spacial score (nSPS) is 22.8. The van der Waals surface area contributed by atoms with Crippen LogP contribution in [0.1, 0.15) is 52.0 Å². The van der Waals surface area contributed by atoms with Crippen LogP contribution in [0.25, 0.3) is 0 Å². The van der Waals surface area contributed by atoms with Crippen molar-refractivity contribution >= 4 is 6.09 Å². The van der Waals surface area contributed by atoms with E-state index in [4.69, 9.17) is 4.74 Å². The molecule has 1 aromatic rings. The molecule has 0 aromatic heterocycles. The van der Waals surface area contributed by atoms with Crippen molar-refractivity contribution in [3.05, 3.63) is 35.9 Å². The highest BCUT2D eigenvalue weighted by Crippen LogP contribution is 2.23. The zero-order valence-corrected chi connectivity index (χ0v) is 15.3. The molecular formula is C20H32N2O2. The highest BCUT2D eigenvalue weighted by atomic mass is 16.5. The molecule has 1 aliphatic rings. The summed E-state index contributed by atoms with van der Waals surface area (Å²) in [5, 5.41) is 3.08. The molecule has 0 radical (unpaired) electrons.